The number of unbranched alkanes of at least 4 members (excludes halogenated alkanes) is 2. The lowest BCUT2D eigenvalue weighted by Gasteiger charge is -2.25. The van der Waals surface area contributed by atoms with Crippen LogP contribution in [0.1, 0.15) is 69.9 Å². The van der Waals surface area contributed by atoms with Gasteiger partial charge in [-0.25, -0.2) is 10.3 Å². The number of aryl methyl sites for hydroxylation is 1. The molecule has 0 fully saturated rings. The van der Waals surface area contributed by atoms with Crippen molar-refractivity contribution in [1.29, 1.82) is 0 Å². The van der Waals surface area contributed by atoms with E-state index >= 15 is 0 Å². The normalized spacial score (nSPS) is 17.2. The maximum absolute atomic E-state index is 12.8. The highest BCUT2D eigenvalue weighted by Gasteiger charge is 2.44. The van der Waals surface area contributed by atoms with Gasteiger partial charge in [-0.2, -0.15) is 0 Å². The molecule has 0 aliphatic carbocycles. The number of carboxylic acid groups (broad SMARTS) is 1. The molecule has 4 N–H and O–H groups in total. The number of hydrogen-bond donors (Lipinski definition) is 4. The van der Waals surface area contributed by atoms with Crippen LogP contribution in [0, 0.1) is 0 Å². The van der Waals surface area contributed by atoms with E-state index in [1.807, 2.05) is 12.1 Å². The average Bonchev–Trinajstić information content (AvgIpc) is 3.35. The number of nitrogens with one attached hydrogen (secondary N) is 2. The second-order valence-electron chi connectivity index (χ2n) is 8.71. The molecule has 9 heteroatoms. The summed E-state index contributed by atoms with van der Waals surface area (Å²) in [6.45, 7) is 0.530. The van der Waals surface area contributed by atoms with Crippen LogP contribution in [0.5, 0.6) is 0 Å². The van der Waals surface area contributed by atoms with E-state index < -0.39 is 29.7 Å². The number of rotatable bonds is 10. The number of hydrogen-bond acceptors (Lipinski definition) is 6. The van der Waals surface area contributed by atoms with Crippen molar-refractivity contribution in [1.82, 2.24) is 10.4 Å². The molecule has 0 spiro atoms. The second-order valence-corrected chi connectivity index (χ2v) is 8.71. The molecule has 2 heterocycles. The highest BCUT2D eigenvalue weighted by Crippen LogP contribution is 2.37. The molecule has 0 bridgehead atoms. The monoisotopic (exact) mass is 465 g/mol. The molecule has 3 amide bonds. The Labute approximate surface area is 196 Å². The zero-order chi connectivity index (χ0) is 24.2. The minimum Gasteiger partial charge on any atom is -0.480 e. The number of aliphatic carboxylic acids is 1. The van der Waals surface area contributed by atoms with Gasteiger partial charge in [0.25, 0.3) is 11.8 Å². The fourth-order valence-electron chi connectivity index (χ4n) is 4.74. The summed E-state index contributed by atoms with van der Waals surface area (Å²) >= 11 is 0. The molecule has 2 aliphatic rings. The van der Waals surface area contributed by atoms with Crippen molar-refractivity contribution in [2.45, 2.75) is 50.5 Å². The van der Waals surface area contributed by atoms with Crippen molar-refractivity contribution in [3.8, 4) is 0 Å². The van der Waals surface area contributed by atoms with Crippen molar-refractivity contribution in [2.75, 3.05) is 11.9 Å². The molecule has 0 saturated carbocycles. The number of hydroxylamine groups is 1. The molecule has 9 nitrogen and oxygen atoms in total. The number of imide groups is 1. The Bertz CT molecular complexity index is 1100. The summed E-state index contributed by atoms with van der Waals surface area (Å²) in [5.74, 6) is -2.89. The molecule has 2 aromatic rings. The van der Waals surface area contributed by atoms with E-state index in [2.05, 4.69) is 11.4 Å². The van der Waals surface area contributed by atoms with Crippen LogP contribution in [0.3, 0.4) is 0 Å². The van der Waals surface area contributed by atoms with Crippen LogP contribution in [0.4, 0.5) is 5.69 Å². The highest BCUT2D eigenvalue weighted by atomic mass is 16.5. The van der Waals surface area contributed by atoms with Gasteiger partial charge < -0.3 is 10.4 Å². The van der Waals surface area contributed by atoms with Gasteiger partial charge >= 0.3 is 5.97 Å². The van der Waals surface area contributed by atoms with Crippen LogP contribution in [-0.2, 0) is 16.0 Å². The maximum Gasteiger partial charge on any atom is 0.326 e. The van der Waals surface area contributed by atoms with Gasteiger partial charge in [0.05, 0.1) is 11.1 Å². The van der Waals surface area contributed by atoms with Gasteiger partial charge in [0.2, 0.25) is 5.91 Å². The number of carbonyl (C=O) groups excluding carboxylic acids is 3. The number of anilines is 1. The van der Waals surface area contributed by atoms with Crippen molar-refractivity contribution >= 4 is 29.4 Å². The number of benzene rings is 2. The first-order valence-electron chi connectivity index (χ1n) is 11.4. The van der Waals surface area contributed by atoms with E-state index in [4.69, 9.17) is 5.21 Å². The van der Waals surface area contributed by atoms with E-state index in [1.54, 1.807) is 29.7 Å². The summed E-state index contributed by atoms with van der Waals surface area (Å²) < 4.78 is 0. The van der Waals surface area contributed by atoms with Crippen molar-refractivity contribution < 1.29 is 29.5 Å². The average molecular weight is 466 g/mol. The Hall–Kier alpha value is -3.72. The Morgan fingerprint density at radius 2 is 1.76 bits per heavy atom. The molecular weight excluding hydrogens is 438 g/mol. The summed E-state index contributed by atoms with van der Waals surface area (Å²) in [5, 5.41) is 21.8. The SMILES string of the molecule is O=C(CCCCCc1ccc2c(c1)C(C[C@@H](C(=O)O)N1C(=O)c3ccccc3C1=O)CN2)NO. The van der Waals surface area contributed by atoms with E-state index in [0.29, 0.717) is 13.0 Å². The molecule has 4 rings (SSSR count). The standard InChI is InChI=1S/C25H27N3O6/c29-22(27-34)9-3-1-2-6-15-10-11-20-19(12-15)16(14-26-20)13-21(25(32)33)28-23(30)17-7-4-5-8-18(17)24(28)31/h4-5,7-8,10-12,16,21,26,34H,1-3,6,9,13-14H2,(H,27,29)(H,32,33)/t16?,21-/m0/s1. The van der Waals surface area contributed by atoms with Gasteiger partial charge in [-0.3, -0.25) is 24.5 Å². The van der Waals surface area contributed by atoms with Crippen molar-refractivity contribution in [3.63, 3.8) is 0 Å². The predicted octanol–water partition coefficient (Wildman–Crippen LogP) is 2.94. The van der Waals surface area contributed by atoms with Crippen LogP contribution in [0.25, 0.3) is 0 Å². The van der Waals surface area contributed by atoms with Crippen molar-refractivity contribution in [3.05, 3.63) is 64.7 Å². The molecule has 0 saturated heterocycles. The molecule has 0 radical (unpaired) electrons. The van der Waals surface area contributed by atoms with Crippen LogP contribution in [-0.4, -0.2) is 51.5 Å². The lowest BCUT2D eigenvalue weighted by Crippen LogP contribution is -2.45. The van der Waals surface area contributed by atoms with E-state index in [0.717, 1.165) is 41.0 Å². The fraction of sp³-hybridized carbons (Fsp3) is 0.360. The minimum absolute atomic E-state index is 0.126. The first-order valence-corrected chi connectivity index (χ1v) is 11.4. The topological polar surface area (TPSA) is 136 Å². The summed E-state index contributed by atoms with van der Waals surface area (Å²) in [5.41, 5.74) is 5.12. The summed E-state index contributed by atoms with van der Waals surface area (Å²) in [6.07, 6.45) is 3.61. The molecule has 2 aromatic carbocycles. The van der Waals surface area contributed by atoms with E-state index in [9.17, 15) is 24.3 Å². The largest absolute Gasteiger partial charge is 0.480 e. The lowest BCUT2D eigenvalue weighted by molar-refractivity contribution is -0.142. The number of carbonyl (C=O) groups is 4. The van der Waals surface area contributed by atoms with Gasteiger partial charge in [-0.05, 0) is 55.0 Å². The maximum atomic E-state index is 12.8. The fourth-order valence-corrected chi connectivity index (χ4v) is 4.74. The number of nitrogens with zero attached hydrogens (tertiary/aromatic N) is 1. The first-order chi connectivity index (χ1) is 16.4. The zero-order valence-electron chi connectivity index (χ0n) is 18.6. The third kappa shape index (κ3) is 4.65. The van der Waals surface area contributed by atoms with E-state index in [1.165, 1.54) is 0 Å². The molecule has 2 atom stereocenters. The summed E-state index contributed by atoms with van der Waals surface area (Å²) in [6, 6.07) is 11.2. The summed E-state index contributed by atoms with van der Waals surface area (Å²) in [7, 11) is 0. The first kappa shape index (κ1) is 23.4. The van der Waals surface area contributed by atoms with E-state index in [-0.39, 0.29) is 29.9 Å². The summed E-state index contributed by atoms with van der Waals surface area (Å²) in [4.78, 5) is 49.8. The van der Waals surface area contributed by atoms with Crippen molar-refractivity contribution in [2.24, 2.45) is 0 Å². The minimum atomic E-state index is -1.26. The van der Waals surface area contributed by atoms with Gasteiger partial charge in [-0.1, -0.05) is 30.7 Å². The Balaban J connectivity index is 1.44. The Morgan fingerprint density at radius 3 is 2.41 bits per heavy atom. The van der Waals surface area contributed by atoms with Gasteiger partial charge in [0, 0.05) is 24.6 Å². The third-order valence-electron chi connectivity index (χ3n) is 6.52. The molecule has 0 aromatic heterocycles. The molecule has 34 heavy (non-hydrogen) atoms. The van der Waals surface area contributed by atoms with Crippen LogP contribution < -0.4 is 10.8 Å². The second kappa shape index (κ2) is 10.0. The molecule has 2 aliphatic heterocycles. The quantitative estimate of drug-likeness (QED) is 0.183. The predicted molar refractivity (Wildman–Crippen MR) is 123 cm³/mol. The van der Waals surface area contributed by atoms with Crippen LogP contribution >= 0.6 is 0 Å². The van der Waals surface area contributed by atoms with Crippen LogP contribution in [0.2, 0.25) is 0 Å². The Morgan fingerprint density at radius 1 is 1.06 bits per heavy atom. The highest BCUT2D eigenvalue weighted by molar-refractivity contribution is 6.22. The number of fused-ring (bicyclic) bond motifs is 2. The third-order valence-corrected chi connectivity index (χ3v) is 6.52. The lowest BCUT2D eigenvalue weighted by atomic mass is 9.91. The van der Waals surface area contributed by atoms with Crippen LogP contribution in [0.15, 0.2) is 42.5 Å². The zero-order valence-corrected chi connectivity index (χ0v) is 18.6. The van der Waals surface area contributed by atoms with Gasteiger partial charge in [-0.15, -0.1) is 0 Å². The smallest absolute Gasteiger partial charge is 0.326 e. The Kier molecular flexibility index (Phi) is 6.93. The van der Waals surface area contributed by atoms with Gasteiger partial charge in [0.1, 0.15) is 6.04 Å². The molecule has 1 unspecified atom stereocenters. The molecular formula is C25H27N3O6. The number of carboxylic acids is 1. The molecule has 178 valence electrons. The number of amides is 3. The van der Waals surface area contributed by atoms with Gasteiger partial charge in [0.15, 0.2) is 0 Å².